The fourth-order valence-electron chi connectivity index (χ4n) is 5.36. The third-order valence-corrected chi connectivity index (χ3v) is 7.62. The number of piperidine rings is 1. The van der Waals surface area contributed by atoms with E-state index in [1.807, 2.05) is 102 Å². The van der Waals surface area contributed by atoms with Crippen LogP contribution in [0.5, 0.6) is 0 Å². The highest BCUT2D eigenvalue weighted by Gasteiger charge is 2.19. The highest BCUT2D eigenvalue weighted by atomic mass is 16.5. The Morgan fingerprint density at radius 2 is 1.83 bits per heavy atom. The SMILES string of the molecule is CC.CC(C)(C)OC=O.CNC1CCCN(Cc2cc(NC(=O)c3cc(-n4cc5ccccc5n4)ccn3)cc(-n3cnc(C)c3)c2)C1. The Kier molecular flexibility index (Phi) is 12.6. The van der Waals surface area contributed by atoms with Crippen LogP contribution in [0.4, 0.5) is 5.69 Å². The Morgan fingerprint density at radius 3 is 2.50 bits per heavy atom. The number of likely N-dealkylation sites (N-methyl/N-ethyl adjacent to an activating group) is 1. The van der Waals surface area contributed by atoms with Gasteiger partial charge < -0.3 is 19.9 Å². The smallest absolute Gasteiger partial charge is 0.293 e. The van der Waals surface area contributed by atoms with Gasteiger partial charge in [-0.1, -0.05) is 32.0 Å². The number of pyridine rings is 1. The van der Waals surface area contributed by atoms with Gasteiger partial charge in [0.1, 0.15) is 11.3 Å². The molecule has 1 fully saturated rings. The minimum atomic E-state index is -0.318. The van der Waals surface area contributed by atoms with Gasteiger partial charge in [0.2, 0.25) is 0 Å². The summed E-state index contributed by atoms with van der Waals surface area (Å²) in [5, 5.41) is 12.2. The summed E-state index contributed by atoms with van der Waals surface area (Å²) < 4.78 is 8.32. The second kappa shape index (κ2) is 16.8. The molecule has 0 saturated carbocycles. The van der Waals surface area contributed by atoms with E-state index in [-0.39, 0.29) is 11.5 Å². The third kappa shape index (κ3) is 10.1. The number of aryl methyl sites for hydroxylation is 1. The maximum atomic E-state index is 13.4. The molecule has 1 aliphatic heterocycles. The van der Waals surface area contributed by atoms with Gasteiger partial charge in [0.05, 0.1) is 23.2 Å². The standard InChI is InChI=1S/C30H32N8O.C5H10O2.C2H6/c1-21-16-37(20-33-21)27-13-22(17-36-11-5-7-24(19-36)31-2)12-25(14-27)34-30(39)29-15-26(9-10-32-29)38-18-23-6-3-4-8-28(23)35-38;1-5(2,3)7-4-6;1-2/h3-4,6,8-10,12-16,18,20,24,31H,5,7,11,17,19H2,1-2H3,(H,34,39);4H,1-3H3;1-2H3. The normalized spacial score (nSPS) is 14.7. The zero-order valence-corrected chi connectivity index (χ0v) is 29.1. The predicted octanol–water partition coefficient (Wildman–Crippen LogP) is 6.33. The minimum Gasteiger partial charge on any atom is -0.462 e. The van der Waals surface area contributed by atoms with Crippen molar-refractivity contribution in [1.82, 2.24) is 34.5 Å². The number of carbonyl (C=O) groups excluding carboxylic acids is 2. The van der Waals surface area contributed by atoms with Crippen molar-refractivity contribution in [2.24, 2.45) is 0 Å². The zero-order valence-electron chi connectivity index (χ0n) is 29.1. The molecule has 5 aromatic rings. The maximum Gasteiger partial charge on any atom is 0.293 e. The summed E-state index contributed by atoms with van der Waals surface area (Å²) in [6.07, 6.45) is 9.75. The highest BCUT2D eigenvalue weighted by molar-refractivity contribution is 6.03. The van der Waals surface area contributed by atoms with Gasteiger partial charge in [-0.15, -0.1) is 0 Å². The number of likely N-dealkylation sites (tertiary alicyclic amines) is 1. The third-order valence-electron chi connectivity index (χ3n) is 7.62. The van der Waals surface area contributed by atoms with Crippen LogP contribution in [0.15, 0.2) is 79.5 Å². The molecule has 254 valence electrons. The fourth-order valence-corrected chi connectivity index (χ4v) is 5.36. The van der Waals surface area contributed by atoms with Gasteiger partial charge in [0.15, 0.2) is 0 Å². The molecule has 6 rings (SSSR count). The number of nitrogens with zero attached hydrogens (tertiary/aromatic N) is 6. The van der Waals surface area contributed by atoms with Gasteiger partial charge in [0, 0.05) is 54.5 Å². The number of anilines is 1. The molecule has 2 N–H and O–H groups in total. The molecule has 48 heavy (non-hydrogen) atoms. The van der Waals surface area contributed by atoms with Crippen molar-refractivity contribution in [3.8, 4) is 11.4 Å². The molecule has 1 saturated heterocycles. The minimum absolute atomic E-state index is 0.272. The number of ether oxygens (including phenoxy) is 1. The van der Waals surface area contributed by atoms with Crippen molar-refractivity contribution in [2.75, 3.05) is 25.5 Å². The van der Waals surface area contributed by atoms with E-state index in [0.29, 0.717) is 18.2 Å². The van der Waals surface area contributed by atoms with Crippen LogP contribution in [-0.2, 0) is 16.1 Å². The summed E-state index contributed by atoms with van der Waals surface area (Å²) in [4.78, 5) is 34.2. The lowest BCUT2D eigenvalue weighted by Gasteiger charge is -2.32. The van der Waals surface area contributed by atoms with E-state index in [1.165, 1.54) is 12.8 Å². The lowest BCUT2D eigenvalue weighted by Crippen LogP contribution is -2.43. The molecule has 1 aliphatic rings. The van der Waals surface area contributed by atoms with Crippen molar-refractivity contribution in [3.63, 3.8) is 0 Å². The second-order valence-corrected chi connectivity index (χ2v) is 12.5. The molecule has 4 heterocycles. The van der Waals surface area contributed by atoms with Gasteiger partial charge >= 0.3 is 0 Å². The average molecular weight is 653 g/mol. The van der Waals surface area contributed by atoms with Crippen LogP contribution in [0.3, 0.4) is 0 Å². The van der Waals surface area contributed by atoms with Crippen LogP contribution >= 0.6 is 0 Å². The van der Waals surface area contributed by atoms with E-state index in [2.05, 4.69) is 47.5 Å². The molecule has 0 spiro atoms. The zero-order chi connectivity index (χ0) is 34.7. The summed E-state index contributed by atoms with van der Waals surface area (Å²) in [5.41, 5.74) is 5.43. The number of rotatable bonds is 8. The topological polar surface area (TPSA) is 119 Å². The molecule has 0 radical (unpaired) electrons. The Labute approximate surface area is 283 Å². The van der Waals surface area contributed by atoms with E-state index >= 15 is 0 Å². The quantitative estimate of drug-likeness (QED) is 0.187. The first-order valence-electron chi connectivity index (χ1n) is 16.5. The summed E-state index contributed by atoms with van der Waals surface area (Å²) in [7, 11) is 2.03. The van der Waals surface area contributed by atoms with Crippen molar-refractivity contribution >= 4 is 29.0 Å². The van der Waals surface area contributed by atoms with Crippen LogP contribution in [0.1, 0.15) is 69.2 Å². The van der Waals surface area contributed by atoms with Gasteiger partial charge in [-0.05, 0) is 96.1 Å². The molecular weight excluding hydrogens is 604 g/mol. The number of carbonyl (C=O) groups is 2. The highest BCUT2D eigenvalue weighted by Crippen LogP contribution is 2.23. The van der Waals surface area contributed by atoms with Gasteiger partial charge in [-0.25, -0.2) is 9.67 Å². The Bertz CT molecular complexity index is 1760. The van der Waals surface area contributed by atoms with Crippen molar-refractivity contribution < 1.29 is 14.3 Å². The number of amides is 1. The maximum absolute atomic E-state index is 13.4. The Morgan fingerprint density at radius 1 is 1.04 bits per heavy atom. The van der Waals surface area contributed by atoms with Crippen LogP contribution in [0, 0.1) is 6.92 Å². The molecule has 1 amide bonds. The summed E-state index contributed by atoms with van der Waals surface area (Å²) in [6, 6.07) is 18.2. The first-order valence-corrected chi connectivity index (χ1v) is 16.5. The number of imidazole rings is 1. The van der Waals surface area contributed by atoms with Crippen molar-refractivity contribution in [3.05, 3.63) is 96.5 Å². The number of hydrogen-bond acceptors (Lipinski definition) is 8. The van der Waals surface area contributed by atoms with Gasteiger partial charge in [-0.2, -0.15) is 5.10 Å². The molecule has 2 aromatic carbocycles. The number of hydrogen-bond donors (Lipinski definition) is 2. The molecule has 1 atom stereocenters. The lowest BCUT2D eigenvalue weighted by atomic mass is 10.0. The van der Waals surface area contributed by atoms with E-state index in [1.54, 1.807) is 23.3 Å². The van der Waals surface area contributed by atoms with Crippen molar-refractivity contribution in [2.45, 2.75) is 72.6 Å². The monoisotopic (exact) mass is 652 g/mol. The van der Waals surface area contributed by atoms with Crippen LogP contribution in [0.25, 0.3) is 22.3 Å². The van der Waals surface area contributed by atoms with E-state index in [9.17, 15) is 9.59 Å². The molecule has 11 heteroatoms. The predicted molar refractivity (Wildman–Crippen MR) is 191 cm³/mol. The van der Waals surface area contributed by atoms with Crippen LogP contribution < -0.4 is 10.6 Å². The molecular formula is C37H48N8O3. The lowest BCUT2D eigenvalue weighted by molar-refractivity contribution is -0.138. The number of benzene rings is 2. The first-order chi connectivity index (χ1) is 23.1. The molecule has 11 nitrogen and oxygen atoms in total. The molecule has 3 aromatic heterocycles. The largest absolute Gasteiger partial charge is 0.462 e. The Balaban J connectivity index is 0.000000516. The summed E-state index contributed by atoms with van der Waals surface area (Å²) >= 11 is 0. The van der Waals surface area contributed by atoms with E-state index in [4.69, 9.17) is 0 Å². The van der Waals surface area contributed by atoms with E-state index in [0.717, 1.165) is 58.9 Å². The second-order valence-electron chi connectivity index (χ2n) is 12.5. The Hall–Kier alpha value is -4.87. The summed E-state index contributed by atoms with van der Waals surface area (Å²) in [5.74, 6) is -0.272. The molecule has 0 bridgehead atoms. The van der Waals surface area contributed by atoms with E-state index < -0.39 is 0 Å². The molecule has 0 aliphatic carbocycles. The van der Waals surface area contributed by atoms with Crippen LogP contribution in [0.2, 0.25) is 0 Å². The number of aromatic nitrogens is 5. The molecule has 1 unspecified atom stereocenters. The number of fused-ring (bicyclic) bond motifs is 1. The van der Waals surface area contributed by atoms with Crippen molar-refractivity contribution in [1.29, 1.82) is 0 Å². The average Bonchev–Trinajstić information content (AvgIpc) is 3.72. The first kappa shape index (κ1) is 36.0. The number of nitrogens with one attached hydrogen (secondary N) is 2. The van der Waals surface area contributed by atoms with Gasteiger partial charge in [-0.3, -0.25) is 19.5 Å². The fraction of sp³-hybridized carbons (Fsp3) is 0.378. The summed E-state index contributed by atoms with van der Waals surface area (Å²) in [6.45, 7) is 14.8. The van der Waals surface area contributed by atoms with Crippen LogP contribution in [-0.4, -0.2) is 73.4 Å². The van der Waals surface area contributed by atoms with Gasteiger partial charge in [0.25, 0.3) is 12.4 Å².